The van der Waals surface area contributed by atoms with E-state index in [0.29, 0.717) is 6.42 Å². The van der Waals surface area contributed by atoms with Crippen molar-refractivity contribution in [2.24, 2.45) is 0 Å². The number of aliphatic hydroxyl groups is 1. The molecule has 4 nitrogen and oxygen atoms in total. The Kier molecular flexibility index (Phi) is 5.18. The standard InChI is InChI=1S/C18H21BrN2O2/c1-13-3-2-8-20-18(13)23-16-6-9-21(12-16)17-5-4-15(19)11-14(17)7-10-22/h2-5,8,11,16,22H,6-7,9-10,12H2,1H3. The van der Waals surface area contributed by atoms with E-state index in [4.69, 9.17) is 4.74 Å². The molecule has 0 spiro atoms. The number of ether oxygens (including phenoxy) is 1. The van der Waals surface area contributed by atoms with E-state index in [-0.39, 0.29) is 12.7 Å². The highest BCUT2D eigenvalue weighted by Gasteiger charge is 2.26. The molecule has 1 aromatic heterocycles. The summed E-state index contributed by atoms with van der Waals surface area (Å²) in [7, 11) is 0. The molecule has 1 atom stereocenters. The van der Waals surface area contributed by atoms with Gasteiger partial charge < -0.3 is 14.7 Å². The Morgan fingerprint density at radius 3 is 3.04 bits per heavy atom. The van der Waals surface area contributed by atoms with Gasteiger partial charge in [0.2, 0.25) is 5.88 Å². The molecule has 1 aromatic carbocycles. The highest BCUT2D eigenvalue weighted by atomic mass is 79.9. The second kappa shape index (κ2) is 7.32. The van der Waals surface area contributed by atoms with Crippen LogP contribution in [0.3, 0.4) is 0 Å². The molecule has 2 aromatic rings. The van der Waals surface area contributed by atoms with Crippen molar-refractivity contribution in [3.05, 3.63) is 52.1 Å². The Hall–Kier alpha value is -1.59. The summed E-state index contributed by atoms with van der Waals surface area (Å²) in [5.41, 5.74) is 3.41. The molecule has 1 aliphatic rings. The van der Waals surface area contributed by atoms with Crippen LogP contribution in [0.15, 0.2) is 41.0 Å². The summed E-state index contributed by atoms with van der Waals surface area (Å²) in [6.07, 6.45) is 3.55. The summed E-state index contributed by atoms with van der Waals surface area (Å²) >= 11 is 3.51. The SMILES string of the molecule is Cc1cccnc1OC1CCN(c2ccc(Br)cc2CCO)C1. The number of aryl methyl sites for hydroxylation is 1. The van der Waals surface area contributed by atoms with E-state index in [1.807, 2.05) is 25.1 Å². The maximum atomic E-state index is 9.29. The number of benzene rings is 1. The van der Waals surface area contributed by atoms with Gasteiger partial charge in [0.25, 0.3) is 0 Å². The molecule has 0 aliphatic carbocycles. The van der Waals surface area contributed by atoms with Gasteiger partial charge in [-0.05, 0) is 43.2 Å². The van der Waals surface area contributed by atoms with Crippen molar-refractivity contribution in [2.45, 2.75) is 25.9 Å². The second-order valence-corrected chi connectivity index (χ2v) is 6.76. The molecule has 1 saturated heterocycles. The average Bonchev–Trinajstić information content (AvgIpc) is 2.98. The minimum Gasteiger partial charge on any atom is -0.472 e. The van der Waals surface area contributed by atoms with Crippen LogP contribution in [0.25, 0.3) is 0 Å². The lowest BCUT2D eigenvalue weighted by Gasteiger charge is -2.22. The lowest BCUT2D eigenvalue weighted by molar-refractivity contribution is 0.214. The Bertz CT molecular complexity index is 678. The Balaban J connectivity index is 1.71. The first-order chi connectivity index (χ1) is 11.2. The Morgan fingerprint density at radius 1 is 1.39 bits per heavy atom. The van der Waals surface area contributed by atoms with Gasteiger partial charge in [0, 0.05) is 41.5 Å². The van der Waals surface area contributed by atoms with Crippen molar-refractivity contribution in [2.75, 3.05) is 24.6 Å². The third kappa shape index (κ3) is 3.85. The van der Waals surface area contributed by atoms with E-state index >= 15 is 0 Å². The molecule has 122 valence electrons. The molecule has 3 rings (SSSR count). The molecule has 1 aliphatic heterocycles. The molecular weight excluding hydrogens is 356 g/mol. The van der Waals surface area contributed by atoms with Crippen LogP contribution in [0.1, 0.15) is 17.5 Å². The fraction of sp³-hybridized carbons (Fsp3) is 0.389. The fourth-order valence-corrected chi connectivity index (χ4v) is 3.39. The molecule has 0 radical (unpaired) electrons. The van der Waals surface area contributed by atoms with Crippen LogP contribution in [-0.2, 0) is 6.42 Å². The lowest BCUT2D eigenvalue weighted by atomic mass is 10.1. The highest BCUT2D eigenvalue weighted by Crippen LogP contribution is 2.29. The van der Waals surface area contributed by atoms with Crippen LogP contribution in [0, 0.1) is 6.92 Å². The average molecular weight is 377 g/mol. The lowest BCUT2D eigenvalue weighted by Crippen LogP contribution is -2.25. The van der Waals surface area contributed by atoms with Crippen LogP contribution < -0.4 is 9.64 Å². The normalized spacial score (nSPS) is 17.5. The number of hydrogen-bond donors (Lipinski definition) is 1. The number of rotatable bonds is 5. The number of pyridine rings is 1. The van der Waals surface area contributed by atoms with Crippen molar-refractivity contribution in [3.8, 4) is 5.88 Å². The Morgan fingerprint density at radius 2 is 2.26 bits per heavy atom. The van der Waals surface area contributed by atoms with Gasteiger partial charge in [-0.3, -0.25) is 0 Å². The molecule has 0 amide bonds. The quantitative estimate of drug-likeness (QED) is 0.868. The van der Waals surface area contributed by atoms with Crippen molar-refractivity contribution < 1.29 is 9.84 Å². The number of halogens is 1. The van der Waals surface area contributed by atoms with Gasteiger partial charge in [0.1, 0.15) is 6.10 Å². The maximum absolute atomic E-state index is 9.29. The third-order valence-electron chi connectivity index (χ3n) is 4.15. The molecule has 0 bridgehead atoms. The largest absolute Gasteiger partial charge is 0.472 e. The van der Waals surface area contributed by atoms with Crippen LogP contribution in [0.5, 0.6) is 5.88 Å². The first-order valence-corrected chi connectivity index (χ1v) is 8.69. The van der Waals surface area contributed by atoms with Crippen LogP contribution >= 0.6 is 15.9 Å². The van der Waals surface area contributed by atoms with Crippen molar-refractivity contribution in [1.29, 1.82) is 0 Å². The molecule has 5 heteroatoms. The number of anilines is 1. The Labute approximate surface area is 145 Å². The van der Waals surface area contributed by atoms with Crippen molar-refractivity contribution in [1.82, 2.24) is 4.98 Å². The van der Waals surface area contributed by atoms with Gasteiger partial charge in [0.05, 0.1) is 6.54 Å². The van der Waals surface area contributed by atoms with E-state index in [1.54, 1.807) is 6.20 Å². The first-order valence-electron chi connectivity index (χ1n) is 7.90. The van der Waals surface area contributed by atoms with Crippen molar-refractivity contribution in [3.63, 3.8) is 0 Å². The summed E-state index contributed by atoms with van der Waals surface area (Å²) in [6, 6.07) is 10.2. The minimum atomic E-state index is 0.147. The minimum absolute atomic E-state index is 0.147. The summed E-state index contributed by atoms with van der Waals surface area (Å²) in [5.74, 6) is 0.728. The van der Waals surface area contributed by atoms with Gasteiger partial charge in [-0.1, -0.05) is 22.0 Å². The van der Waals surface area contributed by atoms with Crippen LogP contribution in [0.2, 0.25) is 0 Å². The van der Waals surface area contributed by atoms with E-state index in [2.05, 4.69) is 37.9 Å². The topological polar surface area (TPSA) is 45.6 Å². The van der Waals surface area contributed by atoms with E-state index in [1.165, 1.54) is 5.69 Å². The molecular formula is C18H21BrN2O2. The number of nitrogens with zero attached hydrogens (tertiary/aromatic N) is 2. The van der Waals surface area contributed by atoms with E-state index < -0.39 is 0 Å². The van der Waals surface area contributed by atoms with E-state index in [0.717, 1.165) is 41.0 Å². The molecule has 0 saturated carbocycles. The van der Waals surface area contributed by atoms with Gasteiger partial charge in [0.15, 0.2) is 0 Å². The zero-order valence-electron chi connectivity index (χ0n) is 13.2. The summed E-state index contributed by atoms with van der Waals surface area (Å²) in [4.78, 5) is 6.65. The highest BCUT2D eigenvalue weighted by molar-refractivity contribution is 9.10. The predicted molar refractivity (Wildman–Crippen MR) is 95.2 cm³/mol. The van der Waals surface area contributed by atoms with Gasteiger partial charge in [-0.25, -0.2) is 4.98 Å². The van der Waals surface area contributed by atoms with Gasteiger partial charge >= 0.3 is 0 Å². The summed E-state index contributed by atoms with van der Waals surface area (Å²) in [6.45, 7) is 3.97. The number of hydrogen-bond acceptors (Lipinski definition) is 4. The summed E-state index contributed by atoms with van der Waals surface area (Å²) in [5, 5.41) is 9.29. The van der Waals surface area contributed by atoms with Gasteiger partial charge in [-0.2, -0.15) is 0 Å². The predicted octanol–water partition coefficient (Wildman–Crippen LogP) is 3.35. The smallest absolute Gasteiger partial charge is 0.216 e. The fourth-order valence-electron chi connectivity index (χ4n) is 2.98. The zero-order valence-corrected chi connectivity index (χ0v) is 14.8. The second-order valence-electron chi connectivity index (χ2n) is 5.85. The van der Waals surface area contributed by atoms with Gasteiger partial charge in [-0.15, -0.1) is 0 Å². The molecule has 1 fully saturated rings. The number of aromatic nitrogens is 1. The first kappa shape index (κ1) is 16.3. The van der Waals surface area contributed by atoms with Crippen LogP contribution in [-0.4, -0.2) is 35.9 Å². The molecule has 23 heavy (non-hydrogen) atoms. The summed E-state index contributed by atoms with van der Waals surface area (Å²) < 4.78 is 7.11. The molecule has 2 heterocycles. The van der Waals surface area contributed by atoms with Crippen LogP contribution in [0.4, 0.5) is 5.69 Å². The maximum Gasteiger partial charge on any atom is 0.216 e. The molecule has 1 N–H and O–H groups in total. The monoisotopic (exact) mass is 376 g/mol. The zero-order chi connectivity index (χ0) is 16.2. The number of aliphatic hydroxyl groups excluding tert-OH is 1. The third-order valence-corrected chi connectivity index (χ3v) is 4.64. The van der Waals surface area contributed by atoms with Crippen molar-refractivity contribution >= 4 is 21.6 Å². The van der Waals surface area contributed by atoms with E-state index in [9.17, 15) is 5.11 Å². The molecule has 1 unspecified atom stereocenters.